The van der Waals surface area contributed by atoms with Gasteiger partial charge in [-0.2, -0.15) is 13.2 Å². The number of carbonyl (C=O) groups is 1. The highest BCUT2D eigenvalue weighted by Gasteiger charge is 2.39. The van der Waals surface area contributed by atoms with Gasteiger partial charge in [0.2, 0.25) is 5.89 Å². The predicted molar refractivity (Wildman–Crippen MR) is 106 cm³/mol. The number of pyridine rings is 1. The highest BCUT2D eigenvalue weighted by molar-refractivity contribution is 5.99. The quantitative estimate of drug-likeness (QED) is 0.614. The van der Waals surface area contributed by atoms with Gasteiger partial charge < -0.3 is 9.73 Å². The molecule has 2 aromatic heterocycles. The molecule has 1 N–H and O–H groups in total. The zero-order valence-electron chi connectivity index (χ0n) is 16.2. The average Bonchev–Trinajstić information content (AvgIpc) is 3.27. The maximum absolute atomic E-state index is 12.9. The first-order valence-electron chi connectivity index (χ1n) is 9.68. The smallest absolute Gasteiger partial charge is 0.392 e. The van der Waals surface area contributed by atoms with Gasteiger partial charge in [0, 0.05) is 17.1 Å². The minimum atomic E-state index is -4.16. The molecule has 0 bridgehead atoms. The number of benzene rings is 1. The molecule has 0 saturated carbocycles. The Bertz CT molecular complexity index is 1090. The number of fused-ring (bicyclic) bond motifs is 1. The van der Waals surface area contributed by atoms with Gasteiger partial charge in [0.15, 0.2) is 0 Å². The van der Waals surface area contributed by atoms with Crippen molar-refractivity contribution in [2.75, 3.05) is 0 Å². The summed E-state index contributed by atoms with van der Waals surface area (Å²) in [7, 11) is 0. The topological polar surface area (TPSA) is 68.0 Å². The molecule has 0 spiro atoms. The number of hydrogen-bond donors (Lipinski definition) is 1. The number of rotatable bonds is 4. The summed E-state index contributed by atoms with van der Waals surface area (Å²) >= 11 is 0. The van der Waals surface area contributed by atoms with E-state index < -0.39 is 18.1 Å². The number of oxazole rings is 1. The van der Waals surface area contributed by atoms with Crippen molar-refractivity contribution in [1.29, 1.82) is 0 Å². The van der Waals surface area contributed by atoms with Crippen molar-refractivity contribution in [3.63, 3.8) is 0 Å². The van der Waals surface area contributed by atoms with Crippen molar-refractivity contribution >= 4 is 22.4 Å². The third kappa shape index (κ3) is 4.08. The van der Waals surface area contributed by atoms with Crippen LogP contribution in [0.5, 0.6) is 0 Å². The SMILES string of the molecule is CC(NC(=O)c1cnc2c(C3=CCC(C(F)(F)F)CC3)cccc2c1)c1ncco1. The van der Waals surface area contributed by atoms with Gasteiger partial charge >= 0.3 is 6.18 Å². The molecule has 0 fully saturated rings. The summed E-state index contributed by atoms with van der Waals surface area (Å²) in [4.78, 5) is 21.0. The maximum Gasteiger partial charge on any atom is 0.392 e. The molecule has 5 nitrogen and oxygen atoms in total. The molecule has 1 amide bonds. The molecule has 1 aliphatic carbocycles. The summed E-state index contributed by atoms with van der Waals surface area (Å²) in [5, 5.41) is 3.56. The van der Waals surface area contributed by atoms with Crippen molar-refractivity contribution in [3.05, 3.63) is 66.0 Å². The molecule has 1 aromatic carbocycles. The lowest BCUT2D eigenvalue weighted by Gasteiger charge is -2.24. The first-order valence-corrected chi connectivity index (χ1v) is 9.68. The van der Waals surface area contributed by atoms with Gasteiger partial charge in [0.05, 0.1) is 23.2 Å². The summed E-state index contributed by atoms with van der Waals surface area (Å²) in [6.07, 6.45) is 2.33. The van der Waals surface area contributed by atoms with Crippen LogP contribution in [0.15, 0.2) is 53.4 Å². The zero-order valence-corrected chi connectivity index (χ0v) is 16.2. The molecular weight excluding hydrogens is 395 g/mol. The van der Waals surface area contributed by atoms with Crippen molar-refractivity contribution in [1.82, 2.24) is 15.3 Å². The van der Waals surface area contributed by atoms with E-state index in [9.17, 15) is 18.0 Å². The number of amides is 1. The number of nitrogens with zero attached hydrogens (tertiary/aromatic N) is 2. The summed E-state index contributed by atoms with van der Waals surface area (Å²) in [5.74, 6) is -1.20. The fourth-order valence-electron chi connectivity index (χ4n) is 3.71. The van der Waals surface area contributed by atoms with Crippen LogP contribution in [0.2, 0.25) is 0 Å². The highest BCUT2D eigenvalue weighted by atomic mass is 19.4. The third-order valence-corrected chi connectivity index (χ3v) is 5.36. The summed E-state index contributed by atoms with van der Waals surface area (Å²) < 4.78 is 44.0. The monoisotopic (exact) mass is 415 g/mol. The van der Waals surface area contributed by atoms with Gasteiger partial charge in [-0.25, -0.2) is 4.98 Å². The Morgan fingerprint density at radius 3 is 2.80 bits per heavy atom. The highest BCUT2D eigenvalue weighted by Crippen LogP contribution is 2.40. The van der Waals surface area contributed by atoms with Crippen molar-refractivity contribution < 1.29 is 22.4 Å². The van der Waals surface area contributed by atoms with Gasteiger partial charge in [-0.05, 0) is 37.8 Å². The number of alkyl halides is 3. The van der Waals surface area contributed by atoms with E-state index in [1.54, 1.807) is 19.1 Å². The number of hydrogen-bond acceptors (Lipinski definition) is 4. The van der Waals surface area contributed by atoms with E-state index in [1.165, 1.54) is 18.7 Å². The van der Waals surface area contributed by atoms with Crippen LogP contribution >= 0.6 is 0 Å². The summed E-state index contributed by atoms with van der Waals surface area (Å²) in [6, 6.07) is 6.85. The van der Waals surface area contributed by atoms with Crippen molar-refractivity contribution in [2.45, 2.75) is 38.4 Å². The molecule has 1 aliphatic rings. The zero-order chi connectivity index (χ0) is 21.3. The Morgan fingerprint density at radius 2 is 2.13 bits per heavy atom. The maximum atomic E-state index is 12.9. The van der Waals surface area contributed by atoms with E-state index in [0.29, 0.717) is 23.4 Å². The van der Waals surface area contributed by atoms with Gasteiger partial charge in [-0.1, -0.05) is 24.3 Å². The van der Waals surface area contributed by atoms with Gasteiger partial charge in [-0.3, -0.25) is 9.78 Å². The Balaban J connectivity index is 1.57. The third-order valence-electron chi connectivity index (χ3n) is 5.36. The lowest BCUT2D eigenvalue weighted by atomic mass is 9.85. The second kappa shape index (κ2) is 7.93. The van der Waals surface area contributed by atoms with Gasteiger partial charge in [0.1, 0.15) is 12.3 Å². The van der Waals surface area contributed by atoms with E-state index in [4.69, 9.17) is 4.42 Å². The molecule has 0 radical (unpaired) electrons. The number of allylic oxidation sites excluding steroid dienone is 2. The Morgan fingerprint density at radius 1 is 1.30 bits per heavy atom. The summed E-state index contributed by atoms with van der Waals surface area (Å²) in [5.41, 5.74) is 2.73. The van der Waals surface area contributed by atoms with Crippen molar-refractivity contribution in [2.24, 2.45) is 5.92 Å². The number of aromatic nitrogens is 2. The molecule has 30 heavy (non-hydrogen) atoms. The van der Waals surface area contributed by atoms with Gasteiger partial charge in [0.25, 0.3) is 5.91 Å². The summed E-state index contributed by atoms with van der Waals surface area (Å²) in [6.45, 7) is 1.76. The van der Waals surface area contributed by atoms with Gasteiger partial charge in [-0.15, -0.1) is 0 Å². The largest absolute Gasteiger partial charge is 0.447 e. The Kier molecular flexibility index (Phi) is 5.32. The minimum absolute atomic E-state index is 0.0194. The van der Waals surface area contributed by atoms with Crippen LogP contribution < -0.4 is 5.32 Å². The van der Waals surface area contributed by atoms with Crippen LogP contribution in [-0.4, -0.2) is 22.1 Å². The standard InChI is InChI=1S/C22H20F3N3O2/c1-13(21-26-9-10-30-21)28-20(29)16-11-15-3-2-4-18(19(15)27-12-16)14-5-7-17(8-6-14)22(23,24)25/h2-5,9-13,17H,6-8H2,1H3,(H,28,29). The molecule has 8 heteroatoms. The Labute approximate surface area is 171 Å². The molecule has 2 unspecified atom stereocenters. The fraction of sp³-hybridized carbons (Fsp3) is 0.318. The van der Waals surface area contributed by atoms with Crippen molar-refractivity contribution in [3.8, 4) is 0 Å². The molecule has 0 saturated heterocycles. The average molecular weight is 415 g/mol. The van der Waals surface area contributed by atoms with Crippen LogP contribution in [0.25, 0.3) is 16.5 Å². The molecule has 4 rings (SSSR count). The lowest BCUT2D eigenvalue weighted by molar-refractivity contribution is -0.175. The van der Waals surface area contributed by atoms with E-state index in [0.717, 1.165) is 16.5 Å². The predicted octanol–water partition coefficient (Wildman–Crippen LogP) is 5.46. The first-order chi connectivity index (χ1) is 14.3. The number of halogens is 3. The fourth-order valence-corrected chi connectivity index (χ4v) is 3.71. The second-order valence-electron chi connectivity index (χ2n) is 7.41. The number of para-hydroxylation sites is 1. The molecule has 3 aromatic rings. The Hall–Kier alpha value is -3.16. The van der Waals surface area contributed by atoms with Crippen LogP contribution in [0.4, 0.5) is 13.2 Å². The van der Waals surface area contributed by atoms with E-state index >= 15 is 0 Å². The molecule has 2 atom stereocenters. The lowest BCUT2D eigenvalue weighted by Crippen LogP contribution is -2.27. The molecular formula is C22H20F3N3O2. The second-order valence-corrected chi connectivity index (χ2v) is 7.41. The molecule has 0 aliphatic heterocycles. The minimum Gasteiger partial charge on any atom is -0.447 e. The first kappa shape index (κ1) is 20.1. The van der Waals surface area contributed by atoms with Crippen LogP contribution in [0.3, 0.4) is 0 Å². The van der Waals surface area contributed by atoms with E-state index in [1.807, 2.05) is 18.2 Å². The van der Waals surface area contributed by atoms with E-state index in [2.05, 4.69) is 15.3 Å². The number of nitrogens with one attached hydrogen (secondary N) is 1. The molecule has 156 valence electrons. The molecule has 2 heterocycles. The van der Waals surface area contributed by atoms with Crippen LogP contribution in [0, 0.1) is 5.92 Å². The van der Waals surface area contributed by atoms with E-state index in [-0.39, 0.29) is 18.7 Å². The normalized spacial score (nSPS) is 18.1. The number of carbonyl (C=O) groups excluding carboxylic acids is 1. The van der Waals surface area contributed by atoms with Crippen LogP contribution in [-0.2, 0) is 0 Å². The van der Waals surface area contributed by atoms with Crippen LogP contribution in [0.1, 0.15) is 54.0 Å².